The van der Waals surface area contributed by atoms with Crippen molar-refractivity contribution >= 4 is 11.6 Å². The first-order valence-corrected chi connectivity index (χ1v) is 8.67. The third kappa shape index (κ3) is 2.04. The van der Waals surface area contributed by atoms with Gasteiger partial charge in [0, 0.05) is 18.1 Å². The van der Waals surface area contributed by atoms with E-state index in [0.29, 0.717) is 19.3 Å². The van der Waals surface area contributed by atoms with Crippen molar-refractivity contribution in [3.05, 3.63) is 39.8 Å². The number of nitrogens with zero attached hydrogens (tertiary/aromatic N) is 2. The van der Waals surface area contributed by atoms with Gasteiger partial charge in [0.25, 0.3) is 0 Å². The molecule has 0 aromatic heterocycles. The van der Waals surface area contributed by atoms with Gasteiger partial charge in [0.05, 0.1) is 5.92 Å². The van der Waals surface area contributed by atoms with Crippen molar-refractivity contribution in [2.24, 2.45) is 17.8 Å². The van der Waals surface area contributed by atoms with E-state index in [1.165, 1.54) is 6.08 Å². The van der Waals surface area contributed by atoms with Crippen LogP contribution in [0.15, 0.2) is 34.8 Å². The first kappa shape index (κ1) is 16.9. The monoisotopic (exact) mass is 359 g/mol. The minimum absolute atomic E-state index is 0.0355. The molecule has 0 saturated heterocycles. The lowest BCUT2D eigenvalue weighted by Crippen LogP contribution is -2.54. The van der Waals surface area contributed by atoms with Gasteiger partial charge >= 0.3 is 6.04 Å². The Morgan fingerprint density at radius 3 is 2.62 bits per heavy atom. The minimum Gasteiger partial charge on any atom is -0.508 e. The average Bonchev–Trinajstić information content (AvgIpc) is 2.58. The Labute approximate surface area is 148 Å². The molecule has 8 nitrogen and oxygen atoms in total. The zero-order chi connectivity index (χ0) is 18.8. The molecule has 0 aromatic carbocycles. The molecule has 6 unspecified atom stereocenters. The second kappa shape index (κ2) is 5.50. The molecule has 136 valence electrons. The van der Waals surface area contributed by atoms with Crippen LogP contribution in [0.5, 0.6) is 0 Å². The number of ketones is 2. The van der Waals surface area contributed by atoms with Crippen LogP contribution in [0.2, 0.25) is 0 Å². The largest absolute Gasteiger partial charge is 0.508 e. The highest BCUT2D eigenvalue weighted by Gasteiger charge is 2.58. The number of hydrogen-bond acceptors (Lipinski definition) is 7. The molecule has 2 saturated carbocycles. The molecule has 0 aliphatic heterocycles. The standard InChI is InChI=1S/C18H18N2O6/c19-20-11-2-1-7-3-8-4-9-5-10(21)6-12(22)18(9,26)17(25)14(8)16(24)13(7)15(11)23/h5-8,11,13,15,23,26H,1-4H2,(H-,21,22,24,25)/p+1. The van der Waals surface area contributed by atoms with Crippen LogP contribution in [0.3, 0.4) is 0 Å². The van der Waals surface area contributed by atoms with Crippen LogP contribution < -0.4 is 0 Å². The Kier molecular flexibility index (Phi) is 3.58. The lowest BCUT2D eigenvalue weighted by Gasteiger charge is -2.46. The molecule has 4 rings (SSSR count). The summed E-state index contributed by atoms with van der Waals surface area (Å²) in [6.45, 7) is 0. The Balaban J connectivity index is 1.81. The van der Waals surface area contributed by atoms with Crippen molar-refractivity contribution in [1.82, 2.24) is 0 Å². The van der Waals surface area contributed by atoms with Gasteiger partial charge < -0.3 is 20.4 Å². The van der Waals surface area contributed by atoms with Gasteiger partial charge in [0.1, 0.15) is 22.6 Å². The summed E-state index contributed by atoms with van der Waals surface area (Å²) < 4.78 is 0. The van der Waals surface area contributed by atoms with Crippen molar-refractivity contribution in [1.29, 1.82) is 5.39 Å². The predicted octanol–water partition coefficient (Wildman–Crippen LogP) is 1.08. The van der Waals surface area contributed by atoms with Crippen molar-refractivity contribution < 1.29 is 30.0 Å². The highest BCUT2D eigenvalue weighted by Crippen LogP contribution is 2.52. The van der Waals surface area contributed by atoms with Crippen LogP contribution in [0.1, 0.15) is 25.7 Å². The molecule has 0 aromatic rings. The summed E-state index contributed by atoms with van der Waals surface area (Å²) in [6.07, 6.45) is 2.60. The molecule has 4 N–H and O–H groups in total. The fourth-order valence-corrected chi connectivity index (χ4v) is 5.03. The SMILES string of the molecule is N#[N+]C1CCC2CC3CC4=CC(O)=CC(=O)C4(O)C(O)=C3C(=O)C2C1O. The highest BCUT2D eigenvalue weighted by atomic mass is 16.3. The summed E-state index contributed by atoms with van der Waals surface area (Å²) in [6, 6.07) is -0.766. The number of fused-ring (bicyclic) bond motifs is 3. The first-order chi connectivity index (χ1) is 12.3. The molecular formula is C18H19N2O6+. The Morgan fingerprint density at radius 1 is 1.19 bits per heavy atom. The van der Waals surface area contributed by atoms with Crippen LogP contribution >= 0.6 is 0 Å². The number of aliphatic hydroxyl groups excluding tert-OH is 3. The van der Waals surface area contributed by atoms with E-state index in [0.717, 1.165) is 6.08 Å². The van der Waals surface area contributed by atoms with Crippen molar-refractivity contribution in [3.8, 4) is 0 Å². The van der Waals surface area contributed by atoms with Gasteiger partial charge in [-0.1, -0.05) is 0 Å². The summed E-state index contributed by atoms with van der Waals surface area (Å²) in [5.41, 5.74) is -2.22. The number of aliphatic hydroxyl groups is 4. The molecule has 8 heteroatoms. The van der Waals surface area contributed by atoms with E-state index in [1.54, 1.807) is 0 Å². The zero-order valence-corrected chi connectivity index (χ0v) is 13.9. The Bertz CT molecular complexity index is 850. The zero-order valence-electron chi connectivity index (χ0n) is 13.9. The van der Waals surface area contributed by atoms with Gasteiger partial charge in [0.15, 0.2) is 5.78 Å². The van der Waals surface area contributed by atoms with Crippen molar-refractivity contribution in [2.75, 3.05) is 0 Å². The van der Waals surface area contributed by atoms with Crippen LogP contribution in [-0.4, -0.2) is 49.7 Å². The number of hydrogen-bond donors (Lipinski definition) is 4. The van der Waals surface area contributed by atoms with Gasteiger partial charge in [0.2, 0.25) is 16.8 Å². The molecule has 0 bridgehead atoms. The number of carbonyl (C=O) groups is 2. The van der Waals surface area contributed by atoms with E-state index in [-0.39, 0.29) is 29.2 Å². The maximum atomic E-state index is 13.1. The Hall–Kier alpha value is -2.50. The van der Waals surface area contributed by atoms with E-state index in [4.69, 9.17) is 5.39 Å². The summed E-state index contributed by atoms with van der Waals surface area (Å²) in [7, 11) is 0. The molecule has 2 fully saturated rings. The lowest BCUT2D eigenvalue weighted by atomic mass is 9.58. The van der Waals surface area contributed by atoms with E-state index in [9.17, 15) is 30.0 Å². The van der Waals surface area contributed by atoms with Crippen LogP contribution in [-0.2, 0) is 9.59 Å². The molecular weight excluding hydrogens is 340 g/mol. The highest BCUT2D eigenvalue weighted by molar-refractivity contribution is 6.08. The second-order valence-corrected chi connectivity index (χ2v) is 7.61. The van der Waals surface area contributed by atoms with E-state index < -0.39 is 46.9 Å². The molecule has 4 aliphatic rings. The van der Waals surface area contributed by atoms with Gasteiger partial charge in [-0.2, -0.15) is 0 Å². The molecule has 0 spiro atoms. The smallest absolute Gasteiger partial charge is 0.340 e. The fraction of sp³-hybridized carbons (Fsp3) is 0.556. The summed E-state index contributed by atoms with van der Waals surface area (Å²) in [5, 5.41) is 50.6. The fourth-order valence-electron chi connectivity index (χ4n) is 5.03. The van der Waals surface area contributed by atoms with Crippen LogP contribution in [0.25, 0.3) is 4.98 Å². The minimum atomic E-state index is -2.35. The third-order valence-corrected chi connectivity index (χ3v) is 6.30. The summed E-state index contributed by atoms with van der Waals surface area (Å²) >= 11 is 0. The van der Waals surface area contributed by atoms with Gasteiger partial charge in [-0.25, -0.2) is 0 Å². The van der Waals surface area contributed by atoms with Crippen molar-refractivity contribution in [2.45, 2.75) is 43.4 Å². The summed E-state index contributed by atoms with van der Waals surface area (Å²) in [4.78, 5) is 28.5. The number of Topliss-reactive ketones (excluding diaryl/α,β-unsaturated/α-hetero) is 1. The topological polar surface area (TPSA) is 143 Å². The van der Waals surface area contributed by atoms with Gasteiger partial charge in [-0.05, 0) is 42.7 Å². The second-order valence-electron chi connectivity index (χ2n) is 7.61. The third-order valence-electron chi connectivity index (χ3n) is 6.30. The average molecular weight is 359 g/mol. The lowest BCUT2D eigenvalue weighted by molar-refractivity contribution is -0.134. The molecule has 0 amide bonds. The molecule has 6 atom stereocenters. The van der Waals surface area contributed by atoms with E-state index in [1.807, 2.05) is 0 Å². The molecule has 0 heterocycles. The summed E-state index contributed by atoms with van der Waals surface area (Å²) in [5.74, 6) is -3.80. The number of carbonyl (C=O) groups excluding carboxylic acids is 2. The first-order valence-electron chi connectivity index (χ1n) is 8.67. The van der Waals surface area contributed by atoms with Crippen LogP contribution in [0, 0.1) is 23.1 Å². The number of diazo groups is 1. The van der Waals surface area contributed by atoms with E-state index in [2.05, 4.69) is 4.98 Å². The number of allylic oxidation sites excluding steroid dienone is 2. The Morgan fingerprint density at radius 2 is 1.92 bits per heavy atom. The molecule has 26 heavy (non-hydrogen) atoms. The maximum absolute atomic E-state index is 13.1. The van der Waals surface area contributed by atoms with Crippen LogP contribution in [0.4, 0.5) is 0 Å². The van der Waals surface area contributed by atoms with E-state index >= 15 is 0 Å². The predicted molar refractivity (Wildman–Crippen MR) is 87.2 cm³/mol. The molecule has 0 radical (unpaired) electrons. The van der Waals surface area contributed by atoms with Crippen molar-refractivity contribution in [3.63, 3.8) is 0 Å². The maximum Gasteiger partial charge on any atom is 0.340 e. The normalized spacial score (nSPS) is 42.1. The van der Waals surface area contributed by atoms with Gasteiger partial charge in [-0.3, -0.25) is 9.59 Å². The quantitative estimate of drug-likeness (QED) is 0.474. The molecule has 4 aliphatic carbocycles. The number of rotatable bonds is 0. The van der Waals surface area contributed by atoms with Gasteiger partial charge in [-0.15, -0.1) is 0 Å².